The van der Waals surface area contributed by atoms with E-state index in [1.54, 1.807) is 19.0 Å². The molecule has 1 atom stereocenters. The molecule has 0 aliphatic carbocycles. The van der Waals surface area contributed by atoms with Crippen LogP contribution in [-0.2, 0) is 4.79 Å². The SMILES string of the molecule is CC(CC(=O)N(C)C)NCCCCC#N. The Bertz CT molecular complexity index is 220. The molecule has 0 bridgehead atoms. The third-order valence-corrected chi connectivity index (χ3v) is 2.19. The van der Waals surface area contributed by atoms with Crippen LogP contribution in [0.25, 0.3) is 0 Å². The Kier molecular flexibility index (Phi) is 7.65. The zero-order valence-corrected chi connectivity index (χ0v) is 9.92. The first-order valence-electron chi connectivity index (χ1n) is 5.38. The molecule has 0 saturated carbocycles. The zero-order chi connectivity index (χ0) is 11.7. The third-order valence-electron chi connectivity index (χ3n) is 2.19. The summed E-state index contributed by atoms with van der Waals surface area (Å²) >= 11 is 0. The molecule has 4 nitrogen and oxygen atoms in total. The summed E-state index contributed by atoms with van der Waals surface area (Å²) in [6.07, 6.45) is 3.07. The van der Waals surface area contributed by atoms with E-state index in [2.05, 4.69) is 11.4 Å². The summed E-state index contributed by atoms with van der Waals surface area (Å²) in [5, 5.41) is 11.6. The Balaban J connectivity index is 3.45. The van der Waals surface area contributed by atoms with Gasteiger partial charge in [-0.25, -0.2) is 0 Å². The number of nitrogens with one attached hydrogen (secondary N) is 1. The van der Waals surface area contributed by atoms with Gasteiger partial charge in [-0.1, -0.05) is 0 Å². The number of carbonyl (C=O) groups is 1. The van der Waals surface area contributed by atoms with Crippen LogP contribution in [-0.4, -0.2) is 37.5 Å². The molecule has 0 fully saturated rings. The van der Waals surface area contributed by atoms with Gasteiger partial charge in [0, 0.05) is 33.0 Å². The van der Waals surface area contributed by atoms with Gasteiger partial charge < -0.3 is 10.2 Å². The van der Waals surface area contributed by atoms with Gasteiger partial charge in [-0.3, -0.25) is 4.79 Å². The van der Waals surface area contributed by atoms with Crippen molar-refractivity contribution in [3.63, 3.8) is 0 Å². The van der Waals surface area contributed by atoms with E-state index in [9.17, 15) is 4.79 Å². The lowest BCUT2D eigenvalue weighted by Gasteiger charge is -2.16. The number of unbranched alkanes of at least 4 members (excludes halogenated alkanes) is 2. The van der Waals surface area contributed by atoms with Crippen LogP contribution in [0.3, 0.4) is 0 Å². The molecule has 0 heterocycles. The number of amides is 1. The number of carbonyl (C=O) groups excluding carboxylic acids is 1. The van der Waals surface area contributed by atoms with Gasteiger partial charge in [0.15, 0.2) is 0 Å². The topological polar surface area (TPSA) is 56.1 Å². The highest BCUT2D eigenvalue weighted by molar-refractivity contribution is 5.76. The van der Waals surface area contributed by atoms with Crippen LogP contribution in [0.2, 0.25) is 0 Å². The Morgan fingerprint density at radius 3 is 2.67 bits per heavy atom. The Hall–Kier alpha value is -1.08. The van der Waals surface area contributed by atoms with Crippen molar-refractivity contribution < 1.29 is 4.79 Å². The molecule has 4 heteroatoms. The first-order chi connectivity index (χ1) is 7.07. The summed E-state index contributed by atoms with van der Waals surface area (Å²) in [5.41, 5.74) is 0. The number of nitrogens with zero attached hydrogens (tertiary/aromatic N) is 2. The lowest BCUT2D eigenvalue weighted by Crippen LogP contribution is -2.33. The van der Waals surface area contributed by atoms with Crippen LogP contribution in [0.4, 0.5) is 0 Å². The monoisotopic (exact) mass is 211 g/mol. The number of rotatable bonds is 7. The Morgan fingerprint density at radius 2 is 2.13 bits per heavy atom. The summed E-state index contributed by atoms with van der Waals surface area (Å²) in [4.78, 5) is 12.9. The predicted molar refractivity (Wildman–Crippen MR) is 60.2 cm³/mol. The van der Waals surface area contributed by atoms with E-state index >= 15 is 0 Å². The minimum absolute atomic E-state index is 0.145. The predicted octanol–water partition coefficient (Wildman–Crippen LogP) is 1.14. The fourth-order valence-corrected chi connectivity index (χ4v) is 1.19. The van der Waals surface area contributed by atoms with Gasteiger partial charge in [0.05, 0.1) is 6.07 Å². The van der Waals surface area contributed by atoms with Crippen molar-refractivity contribution in [1.82, 2.24) is 10.2 Å². The summed E-state index contributed by atoms with van der Waals surface area (Å²) in [5.74, 6) is 0.145. The molecule has 0 aromatic carbocycles. The van der Waals surface area contributed by atoms with E-state index in [1.807, 2.05) is 6.92 Å². The summed E-state index contributed by atoms with van der Waals surface area (Å²) in [6.45, 7) is 2.88. The van der Waals surface area contributed by atoms with Gasteiger partial charge in [-0.05, 0) is 26.3 Å². The summed E-state index contributed by atoms with van der Waals surface area (Å²) < 4.78 is 0. The molecule has 0 saturated heterocycles. The molecule has 0 aliphatic rings. The first-order valence-corrected chi connectivity index (χ1v) is 5.38. The molecule has 1 unspecified atom stereocenters. The number of hydrogen-bond donors (Lipinski definition) is 1. The van der Waals surface area contributed by atoms with Crippen molar-refractivity contribution in [2.24, 2.45) is 0 Å². The van der Waals surface area contributed by atoms with Crippen LogP contribution in [0.5, 0.6) is 0 Å². The van der Waals surface area contributed by atoms with Crippen molar-refractivity contribution in [2.75, 3.05) is 20.6 Å². The van der Waals surface area contributed by atoms with Crippen molar-refractivity contribution in [2.45, 2.75) is 38.6 Å². The summed E-state index contributed by atoms with van der Waals surface area (Å²) in [7, 11) is 3.53. The van der Waals surface area contributed by atoms with Crippen LogP contribution in [0.15, 0.2) is 0 Å². The quantitative estimate of drug-likeness (QED) is 0.642. The van der Waals surface area contributed by atoms with E-state index in [0.29, 0.717) is 12.8 Å². The van der Waals surface area contributed by atoms with E-state index < -0.39 is 0 Å². The van der Waals surface area contributed by atoms with Crippen molar-refractivity contribution in [3.8, 4) is 6.07 Å². The average molecular weight is 211 g/mol. The number of hydrogen-bond acceptors (Lipinski definition) is 3. The minimum atomic E-state index is 0.145. The molecule has 0 radical (unpaired) electrons. The smallest absolute Gasteiger partial charge is 0.223 e. The van der Waals surface area contributed by atoms with Crippen LogP contribution in [0, 0.1) is 11.3 Å². The fourth-order valence-electron chi connectivity index (χ4n) is 1.19. The van der Waals surface area contributed by atoms with Gasteiger partial charge in [0.1, 0.15) is 0 Å². The summed E-state index contributed by atoms with van der Waals surface area (Å²) in [6, 6.07) is 2.32. The molecule has 86 valence electrons. The Labute approximate surface area is 92.3 Å². The highest BCUT2D eigenvalue weighted by Gasteiger charge is 2.09. The van der Waals surface area contributed by atoms with Crippen LogP contribution in [0.1, 0.15) is 32.6 Å². The Morgan fingerprint density at radius 1 is 1.47 bits per heavy atom. The molecule has 1 amide bonds. The lowest BCUT2D eigenvalue weighted by molar-refractivity contribution is -0.129. The molecule has 1 N–H and O–H groups in total. The van der Waals surface area contributed by atoms with Gasteiger partial charge in [0.2, 0.25) is 5.91 Å². The van der Waals surface area contributed by atoms with Gasteiger partial charge >= 0.3 is 0 Å². The fraction of sp³-hybridized carbons (Fsp3) is 0.818. The molecule has 0 aliphatic heterocycles. The first kappa shape index (κ1) is 13.9. The van der Waals surface area contributed by atoms with Crippen molar-refractivity contribution >= 4 is 5.91 Å². The second-order valence-electron chi connectivity index (χ2n) is 3.96. The molecule has 0 spiro atoms. The van der Waals surface area contributed by atoms with E-state index in [1.165, 1.54) is 0 Å². The standard InChI is InChI=1S/C11H21N3O/c1-10(9-11(15)14(2)3)13-8-6-4-5-7-12/h10,13H,4-6,8-9H2,1-3H3. The maximum Gasteiger partial charge on any atom is 0.223 e. The van der Waals surface area contributed by atoms with Crippen LogP contribution >= 0.6 is 0 Å². The minimum Gasteiger partial charge on any atom is -0.349 e. The second-order valence-corrected chi connectivity index (χ2v) is 3.96. The van der Waals surface area contributed by atoms with Gasteiger partial charge in [-0.15, -0.1) is 0 Å². The number of nitriles is 1. The maximum atomic E-state index is 11.3. The van der Waals surface area contributed by atoms with E-state index in [-0.39, 0.29) is 11.9 Å². The molecule has 0 aromatic heterocycles. The highest BCUT2D eigenvalue weighted by atomic mass is 16.2. The largest absolute Gasteiger partial charge is 0.349 e. The average Bonchev–Trinajstić information content (AvgIpc) is 2.17. The molecule has 15 heavy (non-hydrogen) atoms. The van der Waals surface area contributed by atoms with Crippen LogP contribution < -0.4 is 5.32 Å². The van der Waals surface area contributed by atoms with Gasteiger partial charge in [-0.2, -0.15) is 5.26 Å². The normalized spacial score (nSPS) is 11.9. The maximum absolute atomic E-state index is 11.3. The zero-order valence-electron chi connectivity index (χ0n) is 9.92. The lowest BCUT2D eigenvalue weighted by atomic mass is 10.2. The third kappa shape index (κ3) is 7.95. The molecule has 0 rings (SSSR count). The van der Waals surface area contributed by atoms with Crippen molar-refractivity contribution in [1.29, 1.82) is 5.26 Å². The van der Waals surface area contributed by atoms with E-state index in [4.69, 9.17) is 5.26 Å². The van der Waals surface area contributed by atoms with Crippen molar-refractivity contribution in [3.05, 3.63) is 0 Å². The second kappa shape index (κ2) is 8.25. The van der Waals surface area contributed by atoms with Gasteiger partial charge in [0.25, 0.3) is 0 Å². The molecular formula is C11H21N3O. The van der Waals surface area contributed by atoms with E-state index in [0.717, 1.165) is 19.4 Å². The highest BCUT2D eigenvalue weighted by Crippen LogP contribution is 1.96. The molecule has 0 aromatic rings. The molecular weight excluding hydrogens is 190 g/mol.